The predicted molar refractivity (Wildman–Crippen MR) is 229 cm³/mol. The second kappa shape index (κ2) is 11.7. The third kappa shape index (κ3) is 4.49. The number of rotatable bonds is 4. The van der Waals surface area contributed by atoms with Gasteiger partial charge in [-0.1, -0.05) is 140 Å². The Morgan fingerprint density at radius 1 is 0.364 bits per heavy atom. The average Bonchev–Trinajstić information content (AvgIpc) is 3.91. The molecule has 1 atom stereocenters. The summed E-state index contributed by atoms with van der Waals surface area (Å²) in [6.45, 7) is 0. The summed E-state index contributed by atoms with van der Waals surface area (Å²) >= 11 is 0. The molecule has 9 aromatic carbocycles. The molecule has 1 aliphatic carbocycles. The first kappa shape index (κ1) is 30.3. The molecule has 11 aromatic rings. The normalized spacial score (nSPS) is 13.6. The van der Waals surface area contributed by atoms with Crippen molar-refractivity contribution in [3.8, 4) is 39.1 Å². The lowest BCUT2D eigenvalue weighted by molar-refractivity contribution is 0.669. The zero-order chi connectivity index (χ0) is 36.0. The van der Waals surface area contributed by atoms with Crippen LogP contribution in [0.15, 0.2) is 199 Å². The second-order valence-corrected chi connectivity index (χ2v) is 14.8. The van der Waals surface area contributed by atoms with Gasteiger partial charge in [-0.05, 0) is 115 Å². The first-order valence-corrected chi connectivity index (χ1v) is 19.0. The van der Waals surface area contributed by atoms with Crippen molar-refractivity contribution in [3.63, 3.8) is 0 Å². The summed E-state index contributed by atoms with van der Waals surface area (Å²) in [6, 6.07) is 71.0. The molecule has 0 saturated heterocycles. The van der Waals surface area contributed by atoms with Crippen molar-refractivity contribution in [2.45, 2.75) is 5.92 Å². The molecule has 0 fully saturated rings. The van der Waals surface area contributed by atoms with E-state index in [9.17, 15) is 0 Å². The first-order chi connectivity index (χ1) is 27.3. The number of nitrogens with zero attached hydrogens (tertiary/aromatic N) is 1. The average molecular weight is 700 g/mol. The number of hydrogen-bond donors (Lipinski definition) is 0. The van der Waals surface area contributed by atoms with E-state index in [1.807, 2.05) is 6.07 Å². The van der Waals surface area contributed by atoms with E-state index < -0.39 is 0 Å². The molecule has 0 aliphatic heterocycles. The fourth-order valence-electron chi connectivity index (χ4n) is 9.47. The molecule has 55 heavy (non-hydrogen) atoms. The maximum Gasteiger partial charge on any atom is 0.136 e. The second-order valence-electron chi connectivity index (χ2n) is 14.8. The molecule has 2 heteroatoms. The van der Waals surface area contributed by atoms with Crippen LogP contribution in [0.25, 0.3) is 93.6 Å². The monoisotopic (exact) mass is 699 g/mol. The van der Waals surface area contributed by atoms with Crippen LogP contribution in [0.5, 0.6) is 0 Å². The Kier molecular flexibility index (Phi) is 6.43. The third-order valence-electron chi connectivity index (χ3n) is 11.9. The highest BCUT2D eigenvalue weighted by molar-refractivity contribution is 6.13. The molecular formula is C53H33NO. The van der Waals surface area contributed by atoms with Gasteiger partial charge >= 0.3 is 0 Å². The number of fused-ring (bicyclic) bond motifs is 10. The lowest BCUT2D eigenvalue weighted by atomic mass is 9.84. The van der Waals surface area contributed by atoms with E-state index in [0.717, 1.165) is 16.6 Å². The van der Waals surface area contributed by atoms with Crippen LogP contribution in [0.4, 0.5) is 0 Å². The molecule has 0 radical (unpaired) electrons. The summed E-state index contributed by atoms with van der Waals surface area (Å²) in [5.41, 5.74) is 17.0. The summed E-state index contributed by atoms with van der Waals surface area (Å²) in [6.07, 6.45) is 0. The number of aromatic nitrogens is 1. The van der Waals surface area contributed by atoms with Crippen molar-refractivity contribution in [2.75, 3.05) is 0 Å². The Morgan fingerprint density at radius 3 is 1.98 bits per heavy atom. The Bertz CT molecular complexity index is 3330. The summed E-state index contributed by atoms with van der Waals surface area (Å²) in [7, 11) is 0. The van der Waals surface area contributed by atoms with E-state index >= 15 is 0 Å². The van der Waals surface area contributed by atoms with Gasteiger partial charge in [0.1, 0.15) is 11.2 Å². The van der Waals surface area contributed by atoms with Gasteiger partial charge in [0.2, 0.25) is 0 Å². The van der Waals surface area contributed by atoms with Crippen LogP contribution in [0.2, 0.25) is 0 Å². The zero-order valence-electron chi connectivity index (χ0n) is 29.9. The Morgan fingerprint density at radius 2 is 1.04 bits per heavy atom. The summed E-state index contributed by atoms with van der Waals surface area (Å²) in [5, 5.41) is 7.37. The van der Waals surface area contributed by atoms with Crippen molar-refractivity contribution in [1.82, 2.24) is 4.57 Å². The fourth-order valence-corrected chi connectivity index (χ4v) is 9.47. The molecule has 2 heterocycles. The Hall–Kier alpha value is -7.16. The molecule has 1 unspecified atom stereocenters. The standard InChI is InChI=1S/C53H33NO/c1-2-13-37(14-3-1)54-48-21-8-6-16-42(48)46-31-34(26-29-49(46)54)33-24-28-41-40-15-4-5-17-44(40)52(47(41)32-33)43-20-10-12-35-30-36(25-27-38(35)43)39-19-11-23-51-53(39)45-18-7-9-22-50(45)55-51/h1-32,52H. The van der Waals surface area contributed by atoms with E-state index in [1.54, 1.807) is 0 Å². The molecule has 256 valence electrons. The molecule has 2 nitrogen and oxygen atoms in total. The minimum atomic E-state index is 0.116. The molecule has 0 amide bonds. The van der Waals surface area contributed by atoms with Crippen LogP contribution in [-0.2, 0) is 0 Å². The fraction of sp³-hybridized carbons (Fsp3) is 0.0189. The molecule has 0 spiro atoms. The van der Waals surface area contributed by atoms with Crippen LogP contribution < -0.4 is 0 Å². The van der Waals surface area contributed by atoms with Crippen LogP contribution in [0.3, 0.4) is 0 Å². The SMILES string of the molecule is c1ccc(-n2c3ccccc3c3cc(-c4ccc5c(c4)C(c4cccc6cc(-c7cccc8oc9ccccc9c78)ccc46)c4ccccc4-5)ccc32)cc1. The molecular weight excluding hydrogens is 667 g/mol. The van der Waals surface area contributed by atoms with E-state index in [4.69, 9.17) is 4.42 Å². The van der Waals surface area contributed by atoms with E-state index in [0.29, 0.717) is 0 Å². The van der Waals surface area contributed by atoms with Crippen LogP contribution in [-0.4, -0.2) is 4.57 Å². The number of benzene rings is 9. The highest BCUT2D eigenvalue weighted by Gasteiger charge is 2.31. The zero-order valence-corrected chi connectivity index (χ0v) is 29.9. The molecule has 0 N–H and O–H groups in total. The van der Waals surface area contributed by atoms with Crippen LogP contribution in [0.1, 0.15) is 22.6 Å². The van der Waals surface area contributed by atoms with Crippen molar-refractivity contribution in [1.29, 1.82) is 0 Å². The summed E-state index contributed by atoms with van der Waals surface area (Å²) < 4.78 is 8.64. The van der Waals surface area contributed by atoms with Crippen LogP contribution in [0, 0.1) is 0 Å². The first-order valence-electron chi connectivity index (χ1n) is 19.0. The Balaban J connectivity index is 1.01. The van der Waals surface area contributed by atoms with Crippen molar-refractivity contribution >= 4 is 54.5 Å². The lowest BCUT2D eigenvalue weighted by Crippen LogP contribution is -2.00. The number of para-hydroxylation sites is 3. The lowest BCUT2D eigenvalue weighted by Gasteiger charge is -2.18. The minimum absolute atomic E-state index is 0.116. The van der Waals surface area contributed by atoms with Gasteiger partial charge in [-0.15, -0.1) is 0 Å². The highest BCUT2D eigenvalue weighted by atomic mass is 16.3. The van der Waals surface area contributed by atoms with Gasteiger partial charge < -0.3 is 8.98 Å². The third-order valence-corrected chi connectivity index (χ3v) is 11.9. The van der Waals surface area contributed by atoms with Gasteiger partial charge in [0.25, 0.3) is 0 Å². The molecule has 2 aromatic heterocycles. The van der Waals surface area contributed by atoms with Gasteiger partial charge in [0.05, 0.1) is 11.0 Å². The van der Waals surface area contributed by atoms with Gasteiger partial charge in [-0.3, -0.25) is 0 Å². The van der Waals surface area contributed by atoms with Crippen molar-refractivity contribution in [3.05, 3.63) is 211 Å². The molecule has 0 bridgehead atoms. The largest absolute Gasteiger partial charge is 0.456 e. The van der Waals surface area contributed by atoms with Crippen LogP contribution >= 0.6 is 0 Å². The van der Waals surface area contributed by atoms with Gasteiger partial charge in [0.15, 0.2) is 0 Å². The maximum atomic E-state index is 6.26. The molecule has 12 rings (SSSR count). The van der Waals surface area contributed by atoms with Gasteiger partial charge in [-0.25, -0.2) is 0 Å². The van der Waals surface area contributed by atoms with E-state index in [-0.39, 0.29) is 5.92 Å². The van der Waals surface area contributed by atoms with Crippen molar-refractivity contribution in [2.24, 2.45) is 0 Å². The Labute approximate surface area is 318 Å². The summed E-state index contributed by atoms with van der Waals surface area (Å²) in [5.74, 6) is 0.116. The topological polar surface area (TPSA) is 18.1 Å². The van der Waals surface area contributed by atoms with E-state index in [2.05, 4.69) is 193 Å². The minimum Gasteiger partial charge on any atom is -0.456 e. The summed E-state index contributed by atoms with van der Waals surface area (Å²) in [4.78, 5) is 0. The van der Waals surface area contributed by atoms with Crippen molar-refractivity contribution < 1.29 is 4.42 Å². The molecule has 1 aliphatic rings. The number of hydrogen-bond acceptors (Lipinski definition) is 1. The smallest absolute Gasteiger partial charge is 0.136 e. The quantitative estimate of drug-likeness (QED) is 0.179. The molecule has 0 saturated carbocycles. The number of furan rings is 1. The predicted octanol–water partition coefficient (Wildman–Crippen LogP) is 14.3. The van der Waals surface area contributed by atoms with Gasteiger partial charge in [0, 0.05) is 33.2 Å². The highest BCUT2D eigenvalue weighted by Crippen LogP contribution is 2.51. The maximum absolute atomic E-state index is 6.26. The van der Waals surface area contributed by atoms with Gasteiger partial charge in [-0.2, -0.15) is 0 Å². The van der Waals surface area contributed by atoms with E-state index in [1.165, 1.54) is 93.7 Å².